The van der Waals surface area contributed by atoms with E-state index >= 15 is 0 Å². The number of amides is 1. The highest BCUT2D eigenvalue weighted by atomic mass is 79.9. The van der Waals surface area contributed by atoms with Crippen molar-refractivity contribution in [2.24, 2.45) is 0 Å². The van der Waals surface area contributed by atoms with Gasteiger partial charge in [0.25, 0.3) is 5.91 Å². The number of carbonyl (C=O) groups excluding carboxylic acids is 1. The first-order chi connectivity index (χ1) is 11.1. The molecule has 1 aromatic heterocycles. The summed E-state index contributed by atoms with van der Waals surface area (Å²) in [4.78, 5) is 18.3. The molecule has 1 amide bonds. The molecule has 0 unspecified atom stereocenters. The van der Waals surface area contributed by atoms with Crippen molar-refractivity contribution in [1.82, 2.24) is 14.5 Å². The molecule has 0 atom stereocenters. The summed E-state index contributed by atoms with van der Waals surface area (Å²) in [5.74, 6) is 0.00472. The molecular weight excluding hydrogens is 354 g/mol. The second-order valence-corrected chi connectivity index (χ2v) is 6.22. The summed E-state index contributed by atoms with van der Waals surface area (Å²) in [5.41, 5.74) is 2.75. The Morgan fingerprint density at radius 1 is 1.13 bits per heavy atom. The van der Waals surface area contributed by atoms with Gasteiger partial charge in [-0.2, -0.15) is 0 Å². The lowest BCUT2D eigenvalue weighted by Crippen LogP contribution is -2.26. The summed E-state index contributed by atoms with van der Waals surface area (Å²) in [7, 11) is 1.81. The summed E-state index contributed by atoms with van der Waals surface area (Å²) in [5, 5.41) is 0. The summed E-state index contributed by atoms with van der Waals surface area (Å²) in [6, 6.07) is 15.5. The smallest absolute Gasteiger partial charge is 0.253 e. The molecule has 0 aliphatic carbocycles. The van der Waals surface area contributed by atoms with Crippen LogP contribution >= 0.6 is 15.9 Å². The Morgan fingerprint density at radius 3 is 2.43 bits per heavy atom. The standard InChI is InChI=1S/C18H16BrN3O/c1-21(12-14-2-6-16(19)7-3-14)18(23)15-4-8-17(9-5-15)22-11-10-20-13-22/h2-11,13H,12H2,1H3. The van der Waals surface area contributed by atoms with Gasteiger partial charge in [-0.25, -0.2) is 4.98 Å². The van der Waals surface area contributed by atoms with Crippen LogP contribution in [0.1, 0.15) is 15.9 Å². The normalized spacial score (nSPS) is 10.5. The quantitative estimate of drug-likeness (QED) is 0.699. The zero-order chi connectivity index (χ0) is 16.2. The minimum absolute atomic E-state index is 0.00472. The number of aromatic nitrogens is 2. The van der Waals surface area contributed by atoms with Crippen LogP contribution < -0.4 is 0 Å². The Morgan fingerprint density at radius 2 is 1.83 bits per heavy atom. The maximum absolute atomic E-state index is 12.5. The van der Waals surface area contributed by atoms with Crippen LogP contribution in [-0.2, 0) is 6.54 Å². The van der Waals surface area contributed by atoms with Crippen molar-refractivity contribution in [2.75, 3.05) is 7.05 Å². The van der Waals surface area contributed by atoms with E-state index in [2.05, 4.69) is 20.9 Å². The molecule has 2 aromatic carbocycles. The zero-order valence-electron chi connectivity index (χ0n) is 12.7. The Labute approximate surface area is 143 Å². The lowest BCUT2D eigenvalue weighted by atomic mass is 10.1. The van der Waals surface area contributed by atoms with Gasteiger partial charge in [0.05, 0.1) is 6.33 Å². The fourth-order valence-corrected chi connectivity index (χ4v) is 2.61. The van der Waals surface area contributed by atoms with Crippen molar-refractivity contribution in [3.05, 3.63) is 82.9 Å². The molecule has 0 saturated heterocycles. The highest BCUT2D eigenvalue weighted by molar-refractivity contribution is 9.10. The van der Waals surface area contributed by atoms with Gasteiger partial charge in [0, 0.05) is 41.7 Å². The van der Waals surface area contributed by atoms with Gasteiger partial charge < -0.3 is 9.47 Å². The predicted octanol–water partition coefficient (Wildman–Crippen LogP) is 3.91. The van der Waals surface area contributed by atoms with Crippen LogP contribution in [0.2, 0.25) is 0 Å². The molecule has 0 fully saturated rings. The van der Waals surface area contributed by atoms with Gasteiger partial charge in [0.15, 0.2) is 0 Å². The average molecular weight is 370 g/mol. The molecule has 116 valence electrons. The van der Waals surface area contributed by atoms with Gasteiger partial charge in [-0.15, -0.1) is 0 Å². The van der Waals surface area contributed by atoms with Gasteiger partial charge in [0.1, 0.15) is 0 Å². The van der Waals surface area contributed by atoms with Crippen LogP contribution in [0, 0.1) is 0 Å². The molecule has 23 heavy (non-hydrogen) atoms. The Kier molecular flexibility index (Phi) is 4.57. The summed E-state index contributed by atoms with van der Waals surface area (Å²) in [6.45, 7) is 0.579. The molecule has 0 saturated carbocycles. The SMILES string of the molecule is CN(Cc1ccc(Br)cc1)C(=O)c1ccc(-n2ccnc2)cc1. The maximum Gasteiger partial charge on any atom is 0.253 e. The number of nitrogens with zero attached hydrogens (tertiary/aromatic N) is 3. The Hall–Kier alpha value is -2.40. The number of halogens is 1. The van der Waals surface area contributed by atoms with Crippen molar-refractivity contribution >= 4 is 21.8 Å². The van der Waals surface area contributed by atoms with E-state index in [4.69, 9.17) is 0 Å². The van der Waals surface area contributed by atoms with Gasteiger partial charge in [-0.05, 0) is 42.0 Å². The van der Waals surface area contributed by atoms with Crippen LogP contribution in [0.4, 0.5) is 0 Å². The minimum atomic E-state index is 0.00472. The van der Waals surface area contributed by atoms with Gasteiger partial charge >= 0.3 is 0 Å². The van der Waals surface area contributed by atoms with Crippen LogP contribution in [0.25, 0.3) is 5.69 Å². The molecule has 1 heterocycles. The first kappa shape index (κ1) is 15.5. The van der Waals surface area contributed by atoms with E-state index in [0.29, 0.717) is 12.1 Å². The first-order valence-electron chi connectivity index (χ1n) is 7.22. The molecule has 0 aliphatic rings. The van der Waals surface area contributed by atoms with Crippen LogP contribution in [-0.4, -0.2) is 27.4 Å². The Bertz CT molecular complexity index is 780. The van der Waals surface area contributed by atoms with Crippen molar-refractivity contribution < 1.29 is 4.79 Å². The first-order valence-corrected chi connectivity index (χ1v) is 8.01. The zero-order valence-corrected chi connectivity index (χ0v) is 14.3. The largest absolute Gasteiger partial charge is 0.337 e. The molecule has 4 nitrogen and oxygen atoms in total. The number of benzene rings is 2. The third-order valence-corrected chi connectivity index (χ3v) is 4.13. The van der Waals surface area contributed by atoms with E-state index in [1.54, 1.807) is 17.4 Å². The third-order valence-electron chi connectivity index (χ3n) is 3.60. The van der Waals surface area contributed by atoms with Gasteiger partial charge in [-0.3, -0.25) is 4.79 Å². The predicted molar refractivity (Wildman–Crippen MR) is 93.5 cm³/mol. The molecule has 3 rings (SSSR count). The summed E-state index contributed by atoms with van der Waals surface area (Å²) >= 11 is 3.41. The van der Waals surface area contributed by atoms with Crippen LogP contribution in [0.5, 0.6) is 0 Å². The van der Waals surface area contributed by atoms with Gasteiger partial charge in [0.2, 0.25) is 0 Å². The fourth-order valence-electron chi connectivity index (χ4n) is 2.34. The molecule has 0 bridgehead atoms. The van der Waals surface area contributed by atoms with E-state index in [1.165, 1.54) is 0 Å². The number of rotatable bonds is 4. The van der Waals surface area contributed by atoms with Gasteiger partial charge in [-0.1, -0.05) is 28.1 Å². The van der Waals surface area contributed by atoms with E-state index in [0.717, 1.165) is 15.7 Å². The molecule has 0 spiro atoms. The van der Waals surface area contributed by atoms with E-state index in [9.17, 15) is 4.79 Å². The number of hydrogen-bond donors (Lipinski definition) is 0. The second kappa shape index (κ2) is 6.79. The Balaban J connectivity index is 1.70. The molecule has 0 radical (unpaired) electrons. The van der Waals surface area contributed by atoms with E-state index < -0.39 is 0 Å². The molecular formula is C18H16BrN3O. The lowest BCUT2D eigenvalue weighted by molar-refractivity contribution is 0.0785. The van der Waals surface area contributed by atoms with Crippen LogP contribution in [0.3, 0.4) is 0 Å². The molecule has 0 aliphatic heterocycles. The van der Waals surface area contributed by atoms with Crippen molar-refractivity contribution in [3.63, 3.8) is 0 Å². The lowest BCUT2D eigenvalue weighted by Gasteiger charge is -2.17. The molecule has 3 aromatic rings. The fraction of sp³-hybridized carbons (Fsp3) is 0.111. The number of imidazole rings is 1. The monoisotopic (exact) mass is 369 g/mol. The minimum Gasteiger partial charge on any atom is -0.337 e. The maximum atomic E-state index is 12.5. The topological polar surface area (TPSA) is 38.1 Å². The average Bonchev–Trinajstić information content (AvgIpc) is 3.11. The van der Waals surface area contributed by atoms with Crippen molar-refractivity contribution in [3.8, 4) is 5.69 Å². The summed E-state index contributed by atoms with van der Waals surface area (Å²) in [6.07, 6.45) is 5.33. The molecule has 0 N–H and O–H groups in total. The number of carbonyl (C=O) groups is 1. The third kappa shape index (κ3) is 3.68. The van der Waals surface area contributed by atoms with Crippen molar-refractivity contribution in [2.45, 2.75) is 6.54 Å². The highest BCUT2D eigenvalue weighted by Crippen LogP contribution is 2.14. The second-order valence-electron chi connectivity index (χ2n) is 5.30. The van der Waals surface area contributed by atoms with E-state index in [1.807, 2.05) is 66.3 Å². The van der Waals surface area contributed by atoms with Crippen molar-refractivity contribution in [1.29, 1.82) is 0 Å². The summed E-state index contributed by atoms with van der Waals surface area (Å²) < 4.78 is 2.94. The molecule has 5 heteroatoms. The van der Waals surface area contributed by atoms with E-state index in [-0.39, 0.29) is 5.91 Å². The highest BCUT2D eigenvalue weighted by Gasteiger charge is 2.12. The number of hydrogen-bond acceptors (Lipinski definition) is 2. The van der Waals surface area contributed by atoms with Crippen LogP contribution in [0.15, 0.2) is 71.7 Å².